The lowest BCUT2D eigenvalue weighted by molar-refractivity contribution is 0.0527. The van der Waals surface area contributed by atoms with Crippen molar-refractivity contribution in [3.8, 4) is 0 Å². The van der Waals surface area contributed by atoms with Gasteiger partial charge in [-0.1, -0.05) is 23.7 Å². The molecule has 1 aliphatic heterocycles. The van der Waals surface area contributed by atoms with Crippen molar-refractivity contribution in [2.24, 2.45) is 7.05 Å². The first-order valence-corrected chi connectivity index (χ1v) is 10.9. The van der Waals surface area contributed by atoms with E-state index in [1.54, 1.807) is 17.7 Å². The number of benzene rings is 1. The zero-order valence-electron chi connectivity index (χ0n) is 17.7. The molecule has 0 spiro atoms. The van der Waals surface area contributed by atoms with Crippen LogP contribution >= 0.6 is 23.8 Å². The van der Waals surface area contributed by atoms with Crippen molar-refractivity contribution in [3.63, 3.8) is 0 Å². The minimum Gasteiger partial charge on any atom is -0.462 e. The minimum absolute atomic E-state index is 0.333. The Morgan fingerprint density at radius 2 is 2.03 bits per heavy atom. The monoisotopic (exact) mass is 449 g/mol. The fraction of sp³-hybridized carbons (Fsp3) is 0.476. The zero-order valence-corrected chi connectivity index (χ0v) is 19.2. The first-order chi connectivity index (χ1) is 14.4. The highest BCUT2D eigenvalue weighted by Gasteiger charge is 2.21. The summed E-state index contributed by atoms with van der Waals surface area (Å²) in [4.78, 5) is 16.7. The van der Waals surface area contributed by atoms with E-state index in [0.717, 1.165) is 50.4 Å². The topological polar surface area (TPSA) is 62.6 Å². The number of carbonyl (C=O) groups is 1. The molecule has 0 atom stereocenters. The predicted molar refractivity (Wildman–Crippen MR) is 123 cm³/mol. The van der Waals surface area contributed by atoms with E-state index in [0.29, 0.717) is 28.1 Å². The van der Waals surface area contributed by atoms with Crippen LogP contribution in [0.1, 0.15) is 35.0 Å². The summed E-state index contributed by atoms with van der Waals surface area (Å²) in [6, 6.07) is 7.27. The summed E-state index contributed by atoms with van der Waals surface area (Å²) in [6.45, 7) is 8.37. The molecule has 0 amide bonds. The van der Waals surface area contributed by atoms with Gasteiger partial charge in [0.1, 0.15) is 5.15 Å². The van der Waals surface area contributed by atoms with Gasteiger partial charge in [-0.05, 0) is 44.6 Å². The first kappa shape index (κ1) is 22.5. The number of nitrogens with one attached hydrogen (secondary N) is 1. The quantitative estimate of drug-likeness (QED) is 0.554. The molecule has 0 unspecified atom stereocenters. The molecule has 1 saturated heterocycles. The summed E-state index contributed by atoms with van der Waals surface area (Å²) in [6.07, 6.45) is 0.984. The maximum atomic E-state index is 12.2. The van der Waals surface area contributed by atoms with Crippen molar-refractivity contribution in [2.45, 2.75) is 26.8 Å². The number of para-hydroxylation sites is 1. The molecule has 0 aliphatic carbocycles. The van der Waals surface area contributed by atoms with Gasteiger partial charge in [0.25, 0.3) is 0 Å². The van der Waals surface area contributed by atoms with Gasteiger partial charge in [-0.25, -0.2) is 4.79 Å². The Hall–Kier alpha value is -2.16. The highest BCUT2D eigenvalue weighted by molar-refractivity contribution is 7.80. The Balaban J connectivity index is 1.62. The van der Waals surface area contributed by atoms with E-state index in [1.165, 1.54) is 0 Å². The number of aromatic nitrogens is 2. The van der Waals surface area contributed by atoms with Gasteiger partial charge in [-0.3, -0.25) is 9.58 Å². The summed E-state index contributed by atoms with van der Waals surface area (Å²) in [5, 5.41) is 8.95. The van der Waals surface area contributed by atoms with Crippen LogP contribution in [-0.2, 0) is 18.3 Å². The van der Waals surface area contributed by atoms with E-state index < -0.39 is 0 Å². The Kier molecular flexibility index (Phi) is 7.69. The Labute approximate surface area is 187 Å². The molecule has 1 aromatic carbocycles. The molecule has 1 N–H and O–H groups in total. The van der Waals surface area contributed by atoms with Crippen molar-refractivity contribution >= 4 is 40.6 Å². The van der Waals surface area contributed by atoms with Crippen molar-refractivity contribution < 1.29 is 9.53 Å². The fourth-order valence-electron chi connectivity index (χ4n) is 3.58. The van der Waals surface area contributed by atoms with Crippen LogP contribution in [0.5, 0.6) is 0 Å². The molecule has 1 aliphatic rings. The fourth-order valence-corrected chi connectivity index (χ4v) is 4.11. The Bertz CT molecular complexity index is 917. The summed E-state index contributed by atoms with van der Waals surface area (Å²) in [5.74, 6) is -0.353. The summed E-state index contributed by atoms with van der Waals surface area (Å²) >= 11 is 12.1. The van der Waals surface area contributed by atoms with Gasteiger partial charge < -0.3 is 15.0 Å². The van der Waals surface area contributed by atoms with Gasteiger partial charge in [0.2, 0.25) is 0 Å². The highest BCUT2D eigenvalue weighted by atomic mass is 35.5. The normalized spacial score (nSPS) is 15.0. The Morgan fingerprint density at radius 3 is 2.73 bits per heavy atom. The standard InChI is InChI=1S/C21H28ClN5O2S/c1-4-29-20(28)16-8-5-6-9-18(16)23-21(30)27-11-7-10-26(12-13-27)14-17-15(2)24-25(3)19(17)22/h5-6,8-9H,4,7,10-14H2,1-3H3,(H,23,30). The third kappa shape index (κ3) is 5.30. The molecule has 0 radical (unpaired) electrons. The molecule has 2 aromatic rings. The van der Waals surface area contributed by atoms with Crippen LogP contribution in [0.4, 0.5) is 5.69 Å². The number of aryl methyl sites for hydroxylation is 2. The first-order valence-electron chi connectivity index (χ1n) is 10.1. The number of anilines is 1. The summed E-state index contributed by atoms with van der Waals surface area (Å²) < 4.78 is 6.87. The number of thiocarbonyl (C=S) groups is 1. The van der Waals surface area contributed by atoms with Crippen LogP contribution in [0.3, 0.4) is 0 Å². The van der Waals surface area contributed by atoms with Gasteiger partial charge in [0.05, 0.1) is 23.6 Å². The lowest BCUT2D eigenvalue weighted by atomic mass is 10.2. The van der Waals surface area contributed by atoms with Crippen molar-refractivity contribution in [2.75, 3.05) is 38.1 Å². The molecular weight excluding hydrogens is 422 g/mol. The molecule has 3 rings (SSSR count). The smallest absolute Gasteiger partial charge is 0.340 e. The SMILES string of the molecule is CCOC(=O)c1ccccc1NC(=S)N1CCCN(Cc2c(C)nn(C)c2Cl)CC1. The number of rotatable bonds is 5. The number of halogens is 1. The lowest BCUT2D eigenvalue weighted by Crippen LogP contribution is -2.38. The van der Waals surface area contributed by atoms with Crippen LogP contribution in [0.2, 0.25) is 5.15 Å². The van der Waals surface area contributed by atoms with Gasteiger partial charge >= 0.3 is 5.97 Å². The van der Waals surface area contributed by atoms with E-state index in [1.807, 2.05) is 32.2 Å². The second kappa shape index (κ2) is 10.2. The minimum atomic E-state index is -0.353. The molecule has 30 heavy (non-hydrogen) atoms. The van der Waals surface area contributed by atoms with Crippen LogP contribution in [0.15, 0.2) is 24.3 Å². The van der Waals surface area contributed by atoms with Crippen molar-refractivity contribution in [1.82, 2.24) is 19.6 Å². The zero-order chi connectivity index (χ0) is 21.7. The largest absolute Gasteiger partial charge is 0.462 e. The lowest BCUT2D eigenvalue weighted by Gasteiger charge is -2.25. The number of carbonyl (C=O) groups excluding carboxylic acids is 1. The van der Waals surface area contributed by atoms with Gasteiger partial charge in [0, 0.05) is 45.3 Å². The van der Waals surface area contributed by atoms with Gasteiger partial charge in [-0.2, -0.15) is 5.10 Å². The number of hydrogen-bond donors (Lipinski definition) is 1. The molecule has 1 fully saturated rings. The second-order valence-corrected chi connectivity index (χ2v) is 8.04. The van der Waals surface area contributed by atoms with E-state index in [9.17, 15) is 4.79 Å². The molecule has 9 heteroatoms. The molecule has 162 valence electrons. The maximum absolute atomic E-state index is 12.2. The van der Waals surface area contributed by atoms with E-state index in [4.69, 9.17) is 28.6 Å². The molecule has 0 bridgehead atoms. The van der Waals surface area contributed by atoms with Gasteiger partial charge in [-0.15, -0.1) is 0 Å². The average molecular weight is 450 g/mol. The third-order valence-corrected chi connectivity index (χ3v) is 6.02. The number of ether oxygens (including phenoxy) is 1. The van der Waals surface area contributed by atoms with Crippen LogP contribution in [-0.4, -0.2) is 63.4 Å². The van der Waals surface area contributed by atoms with Crippen molar-refractivity contribution in [1.29, 1.82) is 0 Å². The van der Waals surface area contributed by atoms with E-state index in [-0.39, 0.29) is 5.97 Å². The third-order valence-electron chi connectivity index (χ3n) is 5.19. The number of nitrogens with zero attached hydrogens (tertiary/aromatic N) is 4. The van der Waals surface area contributed by atoms with Gasteiger partial charge in [0.15, 0.2) is 5.11 Å². The maximum Gasteiger partial charge on any atom is 0.340 e. The Morgan fingerprint density at radius 1 is 1.27 bits per heavy atom. The number of hydrogen-bond acceptors (Lipinski definition) is 5. The van der Waals surface area contributed by atoms with Crippen LogP contribution < -0.4 is 5.32 Å². The molecule has 7 nitrogen and oxygen atoms in total. The van der Waals surface area contributed by atoms with Crippen molar-refractivity contribution in [3.05, 3.63) is 46.2 Å². The molecule has 2 heterocycles. The highest BCUT2D eigenvalue weighted by Crippen LogP contribution is 2.22. The molecular formula is C21H28ClN5O2S. The van der Waals surface area contributed by atoms with Crippen LogP contribution in [0, 0.1) is 6.92 Å². The van der Waals surface area contributed by atoms with E-state index in [2.05, 4.69) is 20.2 Å². The summed E-state index contributed by atoms with van der Waals surface area (Å²) in [7, 11) is 1.86. The second-order valence-electron chi connectivity index (χ2n) is 7.29. The average Bonchev–Trinajstić information content (AvgIpc) is 2.90. The molecule has 1 aromatic heterocycles. The molecule has 0 saturated carbocycles. The summed E-state index contributed by atoms with van der Waals surface area (Å²) in [5.41, 5.74) is 3.20. The number of esters is 1. The predicted octanol–water partition coefficient (Wildman–Crippen LogP) is 3.46. The van der Waals surface area contributed by atoms with E-state index >= 15 is 0 Å². The van der Waals surface area contributed by atoms with Crippen LogP contribution in [0.25, 0.3) is 0 Å².